The third-order valence-corrected chi connectivity index (χ3v) is 6.18. The Morgan fingerprint density at radius 3 is 2.63 bits per heavy atom. The van der Waals surface area contributed by atoms with Crippen molar-refractivity contribution >= 4 is 35.6 Å². The van der Waals surface area contributed by atoms with Crippen LogP contribution in [-0.4, -0.2) is 14.8 Å². The minimum Gasteiger partial charge on any atom is -0.271 e. The van der Waals surface area contributed by atoms with Crippen LogP contribution in [0.4, 0.5) is 4.39 Å². The molecule has 0 saturated carbocycles. The number of aromatic amines is 1. The number of nitrogens with one attached hydrogen (secondary N) is 1. The van der Waals surface area contributed by atoms with E-state index >= 15 is 0 Å². The molecule has 7 heteroatoms. The quantitative estimate of drug-likeness (QED) is 0.432. The molecule has 3 rings (SSSR count). The molecule has 1 aromatic heterocycles. The molecule has 3 aromatic rings. The van der Waals surface area contributed by atoms with Gasteiger partial charge in [-0.3, -0.25) is 9.67 Å². The van der Waals surface area contributed by atoms with E-state index in [0.29, 0.717) is 27.2 Å². The summed E-state index contributed by atoms with van der Waals surface area (Å²) in [5.41, 5.74) is 3.22. The lowest BCUT2D eigenvalue weighted by Gasteiger charge is -2.11. The largest absolute Gasteiger partial charge is 0.271 e. The fourth-order valence-electron chi connectivity index (χ4n) is 2.77. The summed E-state index contributed by atoms with van der Waals surface area (Å²) < 4.78 is 15.7. The Kier molecular flexibility index (Phi) is 6.73. The summed E-state index contributed by atoms with van der Waals surface area (Å²) in [6.45, 7) is 4.41. The molecular formula is C20H21ClFN3S2. The van der Waals surface area contributed by atoms with Gasteiger partial charge in [0.05, 0.1) is 5.75 Å². The van der Waals surface area contributed by atoms with Gasteiger partial charge in [0, 0.05) is 16.5 Å². The van der Waals surface area contributed by atoms with Crippen LogP contribution in [0.3, 0.4) is 0 Å². The number of thioether (sulfide) groups is 1. The molecule has 0 saturated heterocycles. The molecule has 0 aliphatic carbocycles. The SMILES string of the molecule is CC[C@@H](C)c1ccc(-n2c(CSCc3ccc(F)cc3Cl)n[nH]c2=S)cc1. The van der Waals surface area contributed by atoms with Crippen molar-refractivity contribution in [3.8, 4) is 5.69 Å². The van der Waals surface area contributed by atoms with Crippen LogP contribution in [0.15, 0.2) is 42.5 Å². The van der Waals surface area contributed by atoms with Crippen LogP contribution in [0.5, 0.6) is 0 Å². The van der Waals surface area contributed by atoms with Gasteiger partial charge in [0.25, 0.3) is 0 Å². The van der Waals surface area contributed by atoms with Crippen LogP contribution in [0.25, 0.3) is 5.69 Å². The second-order valence-corrected chi connectivity index (χ2v) is 8.19. The number of halogens is 2. The summed E-state index contributed by atoms with van der Waals surface area (Å²) >= 11 is 13.2. The third-order valence-electron chi connectivity index (χ3n) is 4.58. The van der Waals surface area contributed by atoms with Crippen LogP contribution in [0.2, 0.25) is 5.02 Å². The highest BCUT2D eigenvalue weighted by atomic mass is 35.5. The maximum atomic E-state index is 13.2. The number of nitrogens with zero attached hydrogens (tertiary/aromatic N) is 2. The molecule has 0 aliphatic heterocycles. The highest BCUT2D eigenvalue weighted by Gasteiger charge is 2.11. The highest BCUT2D eigenvalue weighted by Crippen LogP contribution is 2.25. The number of H-pyrrole nitrogens is 1. The minimum atomic E-state index is -0.324. The molecule has 3 nitrogen and oxygen atoms in total. The fraction of sp³-hybridized carbons (Fsp3) is 0.300. The van der Waals surface area contributed by atoms with Crippen molar-refractivity contribution in [3.05, 3.63) is 75.0 Å². The summed E-state index contributed by atoms with van der Waals surface area (Å²) in [6, 6.07) is 12.9. The van der Waals surface area contributed by atoms with E-state index in [2.05, 4.69) is 48.3 Å². The summed E-state index contributed by atoms with van der Waals surface area (Å²) in [5, 5.41) is 7.69. The Morgan fingerprint density at radius 2 is 1.96 bits per heavy atom. The zero-order valence-corrected chi connectivity index (χ0v) is 17.6. The molecule has 27 heavy (non-hydrogen) atoms. The van der Waals surface area contributed by atoms with Crippen LogP contribution < -0.4 is 0 Å². The van der Waals surface area contributed by atoms with Gasteiger partial charge in [-0.1, -0.05) is 43.6 Å². The lowest BCUT2D eigenvalue weighted by molar-refractivity contribution is 0.627. The number of rotatable bonds is 7. The van der Waals surface area contributed by atoms with Crippen LogP contribution in [0, 0.1) is 10.6 Å². The van der Waals surface area contributed by atoms with Crippen molar-refractivity contribution in [1.82, 2.24) is 14.8 Å². The first-order valence-corrected chi connectivity index (χ1v) is 10.7. The van der Waals surface area contributed by atoms with E-state index in [1.165, 1.54) is 17.7 Å². The van der Waals surface area contributed by atoms with Crippen molar-refractivity contribution in [3.63, 3.8) is 0 Å². The Morgan fingerprint density at radius 1 is 1.22 bits per heavy atom. The third kappa shape index (κ3) is 4.81. The van der Waals surface area contributed by atoms with Crippen molar-refractivity contribution < 1.29 is 4.39 Å². The van der Waals surface area contributed by atoms with Crippen molar-refractivity contribution in [2.75, 3.05) is 0 Å². The molecule has 0 unspecified atom stereocenters. The van der Waals surface area contributed by atoms with Crippen molar-refractivity contribution in [1.29, 1.82) is 0 Å². The van der Waals surface area contributed by atoms with Crippen LogP contribution >= 0.6 is 35.6 Å². The minimum absolute atomic E-state index is 0.324. The first kappa shape index (κ1) is 20.1. The standard InChI is InChI=1S/C20H21ClFN3S2/c1-3-13(2)14-5-8-17(9-6-14)25-19(23-24-20(25)26)12-27-11-15-4-7-16(22)10-18(15)21/h4-10,13H,3,11-12H2,1-2H3,(H,24,26)/t13-/m1/s1. The summed E-state index contributed by atoms with van der Waals surface area (Å²) in [5.74, 6) is 2.39. The van der Waals surface area contributed by atoms with Crippen molar-refractivity contribution in [2.45, 2.75) is 37.7 Å². The highest BCUT2D eigenvalue weighted by molar-refractivity contribution is 7.97. The smallest absolute Gasteiger partial charge is 0.199 e. The number of hydrogen-bond acceptors (Lipinski definition) is 3. The van der Waals surface area contributed by atoms with E-state index in [1.807, 2.05) is 4.57 Å². The first-order valence-electron chi connectivity index (χ1n) is 8.78. The Labute approximate surface area is 173 Å². The molecule has 0 spiro atoms. The Bertz CT molecular complexity index is 966. The van der Waals surface area contributed by atoms with E-state index in [4.69, 9.17) is 23.8 Å². The fourth-order valence-corrected chi connectivity index (χ4v) is 4.29. The molecule has 1 atom stereocenters. The van der Waals surface area contributed by atoms with Crippen LogP contribution in [0.1, 0.15) is 43.1 Å². The molecule has 1 heterocycles. The van der Waals surface area contributed by atoms with Crippen molar-refractivity contribution in [2.24, 2.45) is 0 Å². The van der Waals surface area contributed by atoms with E-state index in [-0.39, 0.29) is 5.82 Å². The van der Waals surface area contributed by atoms with Gasteiger partial charge in [0.15, 0.2) is 4.77 Å². The Hall–Kier alpha value is -1.63. The zero-order chi connectivity index (χ0) is 19.4. The molecule has 142 valence electrons. The maximum Gasteiger partial charge on any atom is 0.199 e. The van der Waals surface area contributed by atoms with Gasteiger partial charge >= 0.3 is 0 Å². The first-order chi connectivity index (χ1) is 13.0. The van der Waals surface area contributed by atoms with Gasteiger partial charge < -0.3 is 0 Å². The molecule has 2 aromatic carbocycles. The summed E-state index contributed by atoms with van der Waals surface area (Å²) in [6.07, 6.45) is 1.11. The van der Waals surface area contributed by atoms with Gasteiger partial charge in [0.2, 0.25) is 0 Å². The topological polar surface area (TPSA) is 33.6 Å². The van der Waals surface area contributed by atoms with Gasteiger partial charge in [-0.25, -0.2) is 4.39 Å². The van der Waals surface area contributed by atoms with E-state index in [0.717, 1.165) is 23.5 Å². The summed E-state index contributed by atoms with van der Waals surface area (Å²) in [7, 11) is 0. The average molecular weight is 422 g/mol. The van der Waals surface area contributed by atoms with Gasteiger partial charge in [-0.15, -0.1) is 11.8 Å². The molecule has 0 aliphatic rings. The molecule has 0 bridgehead atoms. The molecule has 0 amide bonds. The van der Waals surface area contributed by atoms with Gasteiger partial charge in [-0.05, 0) is 59.9 Å². The average Bonchev–Trinajstić information content (AvgIpc) is 3.03. The molecule has 0 fully saturated rings. The van der Waals surface area contributed by atoms with E-state index in [1.54, 1.807) is 17.8 Å². The van der Waals surface area contributed by atoms with Gasteiger partial charge in [-0.2, -0.15) is 5.10 Å². The second-order valence-electron chi connectivity index (χ2n) is 6.41. The monoisotopic (exact) mass is 421 g/mol. The predicted octanol–water partition coefficient (Wildman–Crippen LogP) is 6.67. The lowest BCUT2D eigenvalue weighted by Crippen LogP contribution is -2.01. The second kappa shape index (κ2) is 9.04. The van der Waals surface area contributed by atoms with Crippen LogP contribution in [-0.2, 0) is 11.5 Å². The Balaban J connectivity index is 1.74. The van der Waals surface area contributed by atoms with E-state index in [9.17, 15) is 4.39 Å². The number of hydrogen-bond donors (Lipinski definition) is 1. The summed E-state index contributed by atoms with van der Waals surface area (Å²) in [4.78, 5) is 0. The molecule has 0 radical (unpaired) electrons. The zero-order valence-electron chi connectivity index (χ0n) is 15.2. The molecular weight excluding hydrogens is 401 g/mol. The lowest BCUT2D eigenvalue weighted by atomic mass is 9.99. The number of aromatic nitrogens is 3. The molecule has 1 N–H and O–H groups in total. The normalized spacial score (nSPS) is 12.3. The predicted molar refractivity (Wildman–Crippen MR) is 114 cm³/mol. The maximum absolute atomic E-state index is 13.2. The van der Waals surface area contributed by atoms with E-state index < -0.39 is 0 Å². The number of benzene rings is 2. The van der Waals surface area contributed by atoms with Gasteiger partial charge in [0.1, 0.15) is 11.6 Å².